The van der Waals surface area contributed by atoms with E-state index in [4.69, 9.17) is 14.8 Å². The number of hydrogen-bond donors (Lipinski definition) is 2. The second-order valence-electron chi connectivity index (χ2n) is 11.3. The Morgan fingerprint density at radius 1 is 1.19 bits per heavy atom. The maximum absolute atomic E-state index is 10.2. The van der Waals surface area contributed by atoms with E-state index < -0.39 is 5.60 Å². The Bertz CT molecular complexity index is 1470. The number of aromatic amines is 1. The van der Waals surface area contributed by atoms with Gasteiger partial charge in [-0.1, -0.05) is 37.3 Å². The molecule has 186 valence electrons. The largest absolute Gasteiger partial charge is 0.396 e. The minimum Gasteiger partial charge on any atom is -0.396 e. The number of aliphatic hydroxyl groups is 1. The summed E-state index contributed by atoms with van der Waals surface area (Å²) in [7, 11) is 0. The second kappa shape index (κ2) is 7.36. The molecule has 1 saturated carbocycles. The molecular weight excluding hydrogens is 454 g/mol. The molecule has 2 N–H and O–H groups in total. The van der Waals surface area contributed by atoms with Crippen LogP contribution in [0.5, 0.6) is 0 Å². The molecule has 0 spiro atoms. The summed E-state index contributed by atoms with van der Waals surface area (Å²) in [5.41, 5.74) is 3.49. The number of nitrogens with one attached hydrogen (secondary N) is 1. The van der Waals surface area contributed by atoms with E-state index in [0.717, 1.165) is 42.2 Å². The van der Waals surface area contributed by atoms with Crippen LogP contribution < -0.4 is 4.90 Å². The number of H-pyrrole nitrogens is 1. The van der Waals surface area contributed by atoms with E-state index in [1.807, 2.05) is 11.4 Å². The van der Waals surface area contributed by atoms with Gasteiger partial charge in [-0.15, -0.1) is 5.10 Å². The predicted molar refractivity (Wildman–Crippen MR) is 134 cm³/mol. The molecule has 4 aliphatic rings. The average Bonchev–Trinajstić information content (AvgIpc) is 3.67. The van der Waals surface area contributed by atoms with Crippen molar-refractivity contribution in [3.63, 3.8) is 0 Å². The zero-order valence-electron chi connectivity index (χ0n) is 20.9. The summed E-state index contributed by atoms with van der Waals surface area (Å²) in [6, 6.07) is 13.0. The molecule has 1 aromatic carbocycles. The Labute approximate surface area is 209 Å². The number of aliphatic hydroxyl groups excluding tert-OH is 1. The van der Waals surface area contributed by atoms with Crippen molar-refractivity contribution < 1.29 is 9.84 Å². The van der Waals surface area contributed by atoms with E-state index in [9.17, 15) is 5.11 Å². The van der Waals surface area contributed by atoms with Crippen LogP contribution in [0.3, 0.4) is 0 Å². The van der Waals surface area contributed by atoms with Crippen LogP contribution in [0.25, 0.3) is 5.65 Å². The summed E-state index contributed by atoms with van der Waals surface area (Å²) < 4.78 is 8.25. The highest BCUT2D eigenvalue weighted by Gasteiger charge is 2.74. The fraction of sp³-hybridized carbons (Fsp3) is 0.481. The first kappa shape index (κ1) is 21.9. The Morgan fingerprint density at radius 3 is 2.78 bits per heavy atom. The maximum Gasteiger partial charge on any atom is 0.184 e. The molecule has 4 fully saturated rings. The number of aryl methyl sites for hydroxylation is 2. The molecule has 9 nitrogen and oxygen atoms in total. The summed E-state index contributed by atoms with van der Waals surface area (Å²) in [6.07, 6.45) is 3.87. The molecule has 0 unspecified atom stereocenters. The molecule has 1 aliphatic carbocycles. The highest BCUT2D eigenvalue weighted by molar-refractivity contribution is 5.58. The molecule has 0 amide bonds. The summed E-state index contributed by atoms with van der Waals surface area (Å²) in [4.78, 5) is 12.0. The molecular formula is C27H31N7O2. The number of ether oxygens (including phenoxy) is 1. The van der Waals surface area contributed by atoms with Crippen LogP contribution in [0.2, 0.25) is 0 Å². The number of rotatable bonds is 5. The Kier molecular flexibility index (Phi) is 4.49. The van der Waals surface area contributed by atoms with Gasteiger partial charge in [-0.05, 0) is 43.9 Å². The Hall–Kier alpha value is -3.30. The van der Waals surface area contributed by atoms with Crippen LogP contribution in [-0.4, -0.2) is 61.2 Å². The third kappa shape index (κ3) is 2.90. The van der Waals surface area contributed by atoms with Crippen molar-refractivity contribution in [2.24, 2.45) is 5.41 Å². The minimum absolute atomic E-state index is 0.0326. The Morgan fingerprint density at radius 2 is 2.03 bits per heavy atom. The van der Waals surface area contributed by atoms with Crippen LogP contribution in [-0.2, 0) is 15.8 Å². The lowest BCUT2D eigenvalue weighted by Crippen LogP contribution is -2.53. The second-order valence-corrected chi connectivity index (χ2v) is 11.3. The van der Waals surface area contributed by atoms with E-state index in [1.165, 1.54) is 5.56 Å². The van der Waals surface area contributed by atoms with Crippen molar-refractivity contribution in [2.75, 3.05) is 31.2 Å². The number of anilines is 1. The number of nitrogens with zero attached hydrogens (tertiary/aromatic N) is 6. The molecule has 6 heterocycles. The molecule has 8 rings (SSSR count). The van der Waals surface area contributed by atoms with Crippen LogP contribution in [0.1, 0.15) is 54.3 Å². The molecule has 0 radical (unpaired) electrons. The van der Waals surface area contributed by atoms with Gasteiger partial charge >= 0.3 is 0 Å². The highest BCUT2D eigenvalue weighted by atomic mass is 16.5. The van der Waals surface area contributed by atoms with E-state index in [0.29, 0.717) is 24.7 Å². The van der Waals surface area contributed by atoms with Gasteiger partial charge < -0.3 is 14.7 Å². The predicted octanol–water partition coefficient (Wildman–Crippen LogP) is 3.02. The van der Waals surface area contributed by atoms with Gasteiger partial charge in [0.25, 0.3) is 0 Å². The number of aromatic nitrogens is 6. The first-order valence-corrected chi connectivity index (χ1v) is 12.7. The zero-order valence-corrected chi connectivity index (χ0v) is 20.9. The highest BCUT2D eigenvalue weighted by Crippen LogP contribution is 2.70. The summed E-state index contributed by atoms with van der Waals surface area (Å²) >= 11 is 0. The molecule has 4 atom stereocenters. The fourth-order valence-corrected chi connectivity index (χ4v) is 6.84. The SMILES string of the molecule is Cc1n[nH]c([C@H]2[C@@]3(CO)CO[C@]2(c2nc4c(C)cc(N5CC[C@](C)(c6ccccc6)C5)cn4n2)C3)n1. The van der Waals surface area contributed by atoms with Crippen LogP contribution in [0, 0.1) is 19.3 Å². The van der Waals surface area contributed by atoms with Crippen molar-refractivity contribution in [3.05, 3.63) is 71.2 Å². The number of fused-ring (bicyclic) bond motifs is 2. The van der Waals surface area contributed by atoms with Crippen LogP contribution in [0.15, 0.2) is 42.6 Å². The van der Waals surface area contributed by atoms with E-state index in [-0.39, 0.29) is 23.4 Å². The van der Waals surface area contributed by atoms with E-state index >= 15 is 0 Å². The summed E-state index contributed by atoms with van der Waals surface area (Å²) in [6.45, 7) is 8.75. The topological polar surface area (TPSA) is 104 Å². The fourth-order valence-electron chi connectivity index (χ4n) is 6.84. The average molecular weight is 486 g/mol. The summed E-state index contributed by atoms with van der Waals surface area (Å²) in [5, 5.41) is 22.5. The lowest BCUT2D eigenvalue weighted by atomic mass is 9.53. The van der Waals surface area contributed by atoms with Gasteiger partial charge in [0.1, 0.15) is 17.2 Å². The smallest absolute Gasteiger partial charge is 0.184 e. The van der Waals surface area contributed by atoms with E-state index in [2.05, 4.69) is 76.5 Å². The Balaban J connectivity index is 1.24. The number of benzene rings is 1. The lowest BCUT2D eigenvalue weighted by Gasteiger charge is -2.49. The molecule has 3 aromatic heterocycles. The molecule has 3 aliphatic heterocycles. The summed E-state index contributed by atoms with van der Waals surface area (Å²) in [5.74, 6) is 1.91. The molecule has 9 heteroatoms. The van der Waals surface area contributed by atoms with Crippen molar-refractivity contribution in [1.82, 2.24) is 29.8 Å². The van der Waals surface area contributed by atoms with Gasteiger partial charge in [0, 0.05) is 23.9 Å². The van der Waals surface area contributed by atoms with Crippen LogP contribution in [0.4, 0.5) is 5.69 Å². The standard InChI is InChI=1S/C27H31N7O2/c1-17-11-20(33-10-9-25(3,14-33)19-7-5-4-6-8-19)12-34-23(17)29-24(32-34)27-13-26(15-35,16-36-27)21(27)22-28-18(2)30-31-22/h4-8,11-12,21,35H,9-10,13-16H2,1-3H3,(H,28,30,31)/t21-,25-,26-,27+/m0/s1. The maximum atomic E-state index is 10.2. The quantitative estimate of drug-likeness (QED) is 0.448. The first-order chi connectivity index (χ1) is 17.4. The van der Waals surface area contributed by atoms with Gasteiger partial charge in [-0.3, -0.25) is 5.10 Å². The molecule has 36 heavy (non-hydrogen) atoms. The minimum atomic E-state index is -0.702. The van der Waals surface area contributed by atoms with Gasteiger partial charge in [0.05, 0.1) is 31.0 Å². The lowest BCUT2D eigenvalue weighted by molar-refractivity contribution is -0.0714. The number of pyridine rings is 1. The molecule has 3 saturated heterocycles. The third-order valence-corrected chi connectivity index (χ3v) is 8.80. The van der Waals surface area contributed by atoms with Gasteiger partial charge in [-0.25, -0.2) is 14.5 Å². The van der Waals surface area contributed by atoms with E-state index in [1.54, 1.807) is 0 Å². The van der Waals surface area contributed by atoms with Crippen molar-refractivity contribution in [3.8, 4) is 0 Å². The number of hydrogen-bond acceptors (Lipinski definition) is 7. The van der Waals surface area contributed by atoms with Gasteiger partial charge in [0.2, 0.25) is 0 Å². The third-order valence-electron chi connectivity index (χ3n) is 8.80. The molecule has 2 bridgehead atoms. The normalized spacial score (nSPS) is 31.3. The van der Waals surface area contributed by atoms with Gasteiger partial charge in [-0.2, -0.15) is 5.10 Å². The van der Waals surface area contributed by atoms with Crippen LogP contribution >= 0.6 is 0 Å². The first-order valence-electron chi connectivity index (χ1n) is 12.7. The zero-order chi connectivity index (χ0) is 24.7. The van der Waals surface area contributed by atoms with Crippen molar-refractivity contribution >= 4 is 11.3 Å². The van der Waals surface area contributed by atoms with Crippen molar-refractivity contribution in [1.29, 1.82) is 0 Å². The van der Waals surface area contributed by atoms with Gasteiger partial charge in [0.15, 0.2) is 11.5 Å². The molecule has 4 aromatic rings. The van der Waals surface area contributed by atoms with Crippen molar-refractivity contribution in [2.45, 2.75) is 50.5 Å². The monoisotopic (exact) mass is 485 g/mol.